The Labute approximate surface area is 234 Å². The molecule has 0 unspecified atom stereocenters. The Kier molecular flexibility index (Phi) is 8.99. The highest BCUT2D eigenvalue weighted by Gasteiger charge is 2.34. The van der Waals surface area contributed by atoms with Crippen molar-refractivity contribution in [3.8, 4) is 11.5 Å². The first kappa shape index (κ1) is 27.6. The first-order chi connectivity index (χ1) is 18.2. The third kappa shape index (κ3) is 6.89. The van der Waals surface area contributed by atoms with Crippen molar-refractivity contribution in [3.63, 3.8) is 0 Å². The molecule has 0 aromatic heterocycles. The average molecular weight is 571 g/mol. The van der Waals surface area contributed by atoms with Crippen molar-refractivity contribution in [2.45, 2.75) is 13.8 Å². The molecule has 0 spiro atoms. The van der Waals surface area contributed by atoms with Crippen molar-refractivity contribution in [1.82, 2.24) is 4.90 Å². The second kappa shape index (κ2) is 12.4. The molecule has 4 rings (SSSR count). The summed E-state index contributed by atoms with van der Waals surface area (Å²) in [6.07, 6.45) is 1.59. The van der Waals surface area contributed by atoms with E-state index in [0.29, 0.717) is 22.1 Å². The van der Waals surface area contributed by atoms with Crippen molar-refractivity contribution in [2.75, 3.05) is 25.1 Å². The van der Waals surface area contributed by atoms with Gasteiger partial charge in [0, 0.05) is 5.69 Å². The van der Waals surface area contributed by atoms with Crippen LogP contribution in [0.15, 0.2) is 65.6 Å². The van der Waals surface area contributed by atoms with Crippen molar-refractivity contribution < 1.29 is 23.9 Å². The number of carbonyl (C=O) groups is 3. The number of rotatable bonds is 9. The summed E-state index contributed by atoms with van der Waals surface area (Å²) in [5, 5.41) is 3.17. The van der Waals surface area contributed by atoms with Crippen LogP contribution in [-0.2, 0) is 9.59 Å². The third-order valence-electron chi connectivity index (χ3n) is 5.56. The molecular weight excluding hydrogens is 547 g/mol. The summed E-state index contributed by atoms with van der Waals surface area (Å²) in [5.74, 6) is 0.0782. The van der Waals surface area contributed by atoms with Gasteiger partial charge < -0.3 is 14.8 Å². The molecule has 1 N–H and O–H groups in total. The Bertz CT molecular complexity index is 1430. The molecule has 1 aliphatic rings. The van der Waals surface area contributed by atoms with Crippen LogP contribution in [0.1, 0.15) is 16.7 Å². The summed E-state index contributed by atoms with van der Waals surface area (Å²) in [7, 11) is 0. The first-order valence-corrected chi connectivity index (χ1v) is 13.2. The molecule has 1 heterocycles. The summed E-state index contributed by atoms with van der Waals surface area (Å²) in [6, 6.07) is 17.7. The number of nitrogens with zero attached hydrogens (tertiary/aromatic N) is 1. The van der Waals surface area contributed by atoms with E-state index in [1.807, 2.05) is 32.0 Å². The fraction of sp³-hybridized carbons (Fsp3) is 0.179. The molecular formula is C28H24Cl2N2O5S. The predicted molar refractivity (Wildman–Crippen MR) is 151 cm³/mol. The minimum atomic E-state index is -0.415. The number of hydrogen-bond acceptors (Lipinski definition) is 6. The number of hydrogen-bond donors (Lipinski definition) is 1. The normalized spacial score (nSPS) is 14.2. The number of thioether (sulfide) groups is 1. The molecule has 0 aliphatic carbocycles. The Morgan fingerprint density at radius 1 is 0.974 bits per heavy atom. The molecule has 10 heteroatoms. The fourth-order valence-corrected chi connectivity index (χ4v) is 4.88. The highest BCUT2D eigenvalue weighted by molar-refractivity contribution is 8.18. The second-order valence-corrected chi connectivity index (χ2v) is 10.3. The van der Waals surface area contributed by atoms with Crippen LogP contribution >= 0.6 is 35.0 Å². The number of carbonyl (C=O) groups excluding carboxylic acids is 3. The molecule has 0 saturated carbocycles. The Morgan fingerprint density at radius 3 is 2.50 bits per heavy atom. The van der Waals surface area contributed by atoms with E-state index < -0.39 is 5.91 Å². The van der Waals surface area contributed by atoms with Crippen LogP contribution in [0.25, 0.3) is 6.08 Å². The highest BCUT2D eigenvalue weighted by Crippen LogP contribution is 2.34. The van der Waals surface area contributed by atoms with Gasteiger partial charge in [0.05, 0.1) is 21.5 Å². The van der Waals surface area contributed by atoms with Gasteiger partial charge >= 0.3 is 0 Å². The lowest BCUT2D eigenvalue weighted by Gasteiger charge is -2.13. The molecule has 1 aliphatic heterocycles. The maximum atomic E-state index is 12.8. The van der Waals surface area contributed by atoms with Gasteiger partial charge in [0.2, 0.25) is 0 Å². The molecule has 3 aromatic rings. The molecule has 1 fully saturated rings. The number of imide groups is 1. The topological polar surface area (TPSA) is 84.9 Å². The quantitative estimate of drug-likeness (QED) is 0.286. The van der Waals surface area contributed by atoms with Gasteiger partial charge in [0.1, 0.15) is 18.1 Å². The molecule has 3 aromatic carbocycles. The zero-order valence-corrected chi connectivity index (χ0v) is 23.0. The van der Waals surface area contributed by atoms with Gasteiger partial charge in [-0.05, 0) is 78.7 Å². The number of halogens is 2. The number of amides is 3. The number of ether oxygens (including phenoxy) is 2. The van der Waals surface area contributed by atoms with Crippen LogP contribution in [0.4, 0.5) is 10.5 Å². The lowest BCUT2D eigenvalue weighted by atomic mass is 10.1. The number of anilines is 1. The van der Waals surface area contributed by atoms with E-state index >= 15 is 0 Å². The smallest absolute Gasteiger partial charge is 0.293 e. The Hall–Kier alpha value is -3.46. The predicted octanol–water partition coefficient (Wildman–Crippen LogP) is 6.74. The monoisotopic (exact) mass is 570 g/mol. The zero-order valence-electron chi connectivity index (χ0n) is 20.6. The van der Waals surface area contributed by atoms with Gasteiger partial charge in [0.15, 0.2) is 6.61 Å². The largest absolute Gasteiger partial charge is 0.490 e. The highest BCUT2D eigenvalue weighted by atomic mass is 35.5. The van der Waals surface area contributed by atoms with E-state index in [2.05, 4.69) is 5.32 Å². The number of aryl methyl sites for hydroxylation is 2. The summed E-state index contributed by atoms with van der Waals surface area (Å²) in [4.78, 5) is 38.9. The summed E-state index contributed by atoms with van der Waals surface area (Å²) in [5.41, 5.74) is 3.32. The lowest BCUT2D eigenvalue weighted by Crippen LogP contribution is -2.32. The summed E-state index contributed by atoms with van der Waals surface area (Å²) >= 11 is 13.3. The van der Waals surface area contributed by atoms with Gasteiger partial charge in [-0.1, -0.05) is 53.5 Å². The van der Waals surface area contributed by atoms with Crippen molar-refractivity contribution in [1.29, 1.82) is 0 Å². The Balaban J connectivity index is 1.33. The van der Waals surface area contributed by atoms with Crippen LogP contribution < -0.4 is 14.8 Å². The molecule has 1 saturated heterocycles. The van der Waals surface area contributed by atoms with Gasteiger partial charge in [-0.15, -0.1) is 0 Å². The van der Waals surface area contributed by atoms with E-state index in [1.54, 1.807) is 48.5 Å². The van der Waals surface area contributed by atoms with Crippen molar-refractivity contribution in [2.24, 2.45) is 0 Å². The van der Waals surface area contributed by atoms with E-state index in [4.69, 9.17) is 32.7 Å². The van der Waals surface area contributed by atoms with E-state index in [0.717, 1.165) is 33.5 Å². The van der Waals surface area contributed by atoms with Gasteiger partial charge in [-0.25, -0.2) is 0 Å². The molecule has 38 heavy (non-hydrogen) atoms. The SMILES string of the molecule is Cc1ccc(C)c(NC(=O)COc2ccc(/C=C3\SC(=O)N(CCOc4ccccc4Cl)C3=O)cc2Cl)c1. The van der Waals surface area contributed by atoms with Crippen LogP contribution in [0.3, 0.4) is 0 Å². The van der Waals surface area contributed by atoms with Crippen LogP contribution in [0.5, 0.6) is 11.5 Å². The maximum Gasteiger partial charge on any atom is 0.293 e. The minimum absolute atomic E-state index is 0.0882. The van der Waals surface area contributed by atoms with E-state index in [-0.39, 0.29) is 40.8 Å². The lowest BCUT2D eigenvalue weighted by molar-refractivity contribution is -0.123. The number of para-hydroxylation sites is 1. The van der Waals surface area contributed by atoms with Crippen LogP contribution in [0, 0.1) is 13.8 Å². The number of benzene rings is 3. The number of nitrogens with one attached hydrogen (secondary N) is 1. The van der Waals surface area contributed by atoms with Gasteiger partial charge in [-0.2, -0.15) is 0 Å². The van der Waals surface area contributed by atoms with E-state index in [9.17, 15) is 14.4 Å². The molecule has 0 atom stereocenters. The van der Waals surface area contributed by atoms with Gasteiger partial charge in [-0.3, -0.25) is 19.3 Å². The molecule has 0 radical (unpaired) electrons. The Morgan fingerprint density at radius 2 is 1.74 bits per heavy atom. The molecule has 3 amide bonds. The summed E-state index contributed by atoms with van der Waals surface area (Å²) < 4.78 is 11.2. The van der Waals surface area contributed by atoms with Gasteiger partial charge in [0.25, 0.3) is 17.1 Å². The standard InChI is InChI=1S/C28H24Cl2N2O5S/c1-17-7-8-18(2)22(13-17)31-26(33)16-37-24-10-9-19(14-21(24)30)15-25-27(34)32(28(35)38-25)11-12-36-23-6-4-3-5-20(23)29/h3-10,13-15H,11-12,16H2,1-2H3,(H,31,33)/b25-15-. The minimum Gasteiger partial charge on any atom is -0.490 e. The zero-order chi connectivity index (χ0) is 27.2. The molecule has 196 valence electrons. The van der Waals surface area contributed by atoms with E-state index in [1.165, 1.54) is 0 Å². The maximum absolute atomic E-state index is 12.8. The summed E-state index contributed by atoms with van der Waals surface area (Å²) in [6.45, 7) is 3.84. The second-order valence-electron chi connectivity index (χ2n) is 8.46. The van der Waals surface area contributed by atoms with Crippen LogP contribution in [-0.4, -0.2) is 41.7 Å². The van der Waals surface area contributed by atoms with Crippen molar-refractivity contribution >= 4 is 63.8 Å². The molecule has 0 bridgehead atoms. The third-order valence-corrected chi connectivity index (χ3v) is 7.08. The first-order valence-electron chi connectivity index (χ1n) is 11.6. The fourth-order valence-electron chi connectivity index (χ4n) is 3.58. The van der Waals surface area contributed by atoms with Crippen LogP contribution in [0.2, 0.25) is 10.0 Å². The molecule has 7 nitrogen and oxygen atoms in total. The van der Waals surface area contributed by atoms with Crippen molar-refractivity contribution in [3.05, 3.63) is 92.3 Å². The average Bonchev–Trinajstić information content (AvgIpc) is 3.14.